The number of alkyl halides is 3. The molecule has 0 amide bonds. The molecule has 108 valence electrons. The van der Waals surface area contributed by atoms with E-state index in [9.17, 15) is 17.6 Å². The van der Waals surface area contributed by atoms with Crippen LogP contribution in [0, 0.1) is 11.2 Å². The molecule has 0 aliphatic heterocycles. The van der Waals surface area contributed by atoms with Gasteiger partial charge in [0, 0.05) is 6.54 Å². The van der Waals surface area contributed by atoms with Crippen molar-refractivity contribution in [1.29, 1.82) is 0 Å². The van der Waals surface area contributed by atoms with Gasteiger partial charge in [0.15, 0.2) is 0 Å². The molecule has 0 heterocycles. The second-order valence-electron chi connectivity index (χ2n) is 5.83. The third-order valence-electron chi connectivity index (χ3n) is 2.67. The van der Waals surface area contributed by atoms with E-state index >= 15 is 0 Å². The van der Waals surface area contributed by atoms with Crippen LogP contribution < -0.4 is 5.32 Å². The molecule has 0 unspecified atom stereocenters. The first kappa shape index (κ1) is 16.0. The average Bonchev–Trinajstić information content (AvgIpc) is 2.21. The van der Waals surface area contributed by atoms with Crippen molar-refractivity contribution in [3.63, 3.8) is 0 Å². The van der Waals surface area contributed by atoms with Crippen LogP contribution in [0.3, 0.4) is 0 Å². The summed E-state index contributed by atoms with van der Waals surface area (Å²) in [7, 11) is 0. The lowest BCUT2D eigenvalue weighted by atomic mass is 9.92. The van der Waals surface area contributed by atoms with Crippen LogP contribution in [0.1, 0.15) is 38.3 Å². The molecule has 1 N–H and O–H groups in total. The average molecular weight is 277 g/mol. The highest BCUT2D eigenvalue weighted by Crippen LogP contribution is 2.30. The molecule has 1 aromatic rings. The first-order valence-electron chi connectivity index (χ1n) is 6.15. The zero-order chi connectivity index (χ0) is 14.7. The van der Waals surface area contributed by atoms with Crippen LogP contribution in [0.4, 0.5) is 17.6 Å². The maximum Gasteiger partial charge on any atom is 0.416 e. The Labute approximate surface area is 111 Å². The van der Waals surface area contributed by atoms with Crippen molar-refractivity contribution in [1.82, 2.24) is 5.32 Å². The van der Waals surface area contributed by atoms with Gasteiger partial charge in [0.1, 0.15) is 5.82 Å². The highest BCUT2D eigenvalue weighted by Gasteiger charge is 2.31. The molecule has 0 saturated heterocycles. The Morgan fingerprint density at radius 1 is 1.05 bits per heavy atom. The van der Waals surface area contributed by atoms with E-state index in [1.54, 1.807) is 0 Å². The van der Waals surface area contributed by atoms with Crippen molar-refractivity contribution in [3.05, 3.63) is 35.1 Å². The maximum atomic E-state index is 13.1. The van der Waals surface area contributed by atoms with E-state index < -0.39 is 17.6 Å². The third-order valence-corrected chi connectivity index (χ3v) is 2.67. The number of hydrogen-bond acceptors (Lipinski definition) is 1. The SMILES string of the molecule is CC(C)(C)CCNCc1cc(F)cc(C(F)(F)F)c1. The molecule has 0 aromatic heterocycles. The van der Waals surface area contributed by atoms with Crippen LogP contribution in [0.2, 0.25) is 0 Å². The molecule has 1 aromatic carbocycles. The summed E-state index contributed by atoms with van der Waals surface area (Å²) >= 11 is 0. The summed E-state index contributed by atoms with van der Waals surface area (Å²) in [5, 5.41) is 3.03. The molecule has 0 atom stereocenters. The van der Waals surface area contributed by atoms with Crippen LogP contribution in [-0.4, -0.2) is 6.54 Å². The van der Waals surface area contributed by atoms with Gasteiger partial charge in [-0.1, -0.05) is 20.8 Å². The molecule has 0 aliphatic rings. The highest BCUT2D eigenvalue weighted by atomic mass is 19.4. The lowest BCUT2D eigenvalue weighted by Gasteiger charge is -2.18. The molecule has 1 nitrogen and oxygen atoms in total. The normalized spacial score (nSPS) is 12.8. The number of nitrogens with one attached hydrogen (secondary N) is 1. The number of rotatable bonds is 4. The van der Waals surface area contributed by atoms with E-state index in [1.165, 1.54) is 0 Å². The zero-order valence-electron chi connectivity index (χ0n) is 11.4. The minimum absolute atomic E-state index is 0.159. The van der Waals surface area contributed by atoms with Crippen LogP contribution in [-0.2, 0) is 12.7 Å². The Morgan fingerprint density at radius 3 is 2.21 bits per heavy atom. The lowest BCUT2D eigenvalue weighted by Crippen LogP contribution is -2.20. The van der Waals surface area contributed by atoms with E-state index in [-0.39, 0.29) is 12.0 Å². The van der Waals surface area contributed by atoms with Gasteiger partial charge in [0.25, 0.3) is 0 Å². The molecule has 0 radical (unpaired) electrons. The summed E-state index contributed by atoms with van der Waals surface area (Å²) in [6.07, 6.45) is -3.61. The minimum Gasteiger partial charge on any atom is -0.313 e. The fourth-order valence-corrected chi connectivity index (χ4v) is 1.61. The van der Waals surface area contributed by atoms with Crippen LogP contribution in [0.5, 0.6) is 0 Å². The van der Waals surface area contributed by atoms with Crippen LogP contribution in [0.15, 0.2) is 18.2 Å². The van der Waals surface area contributed by atoms with Crippen molar-refractivity contribution in [2.24, 2.45) is 5.41 Å². The van der Waals surface area contributed by atoms with Gasteiger partial charge < -0.3 is 5.32 Å². The summed E-state index contributed by atoms with van der Waals surface area (Å²) in [5.74, 6) is -0.859. The van der Waals surface area contributed by atoms with Gasteiger partial charge in [0.05, 0.1) is 5.56 Å². The van der Waals surface area contributed by atoms with Crippen molar-refractivity contribution in [3.8, 4) is 0 Å². The Morgan fingerprint density at radius 2 is 1.68 bits per heavy atom. The van der Waals surface area contributed by atoms with E-state index in [4.69, 9.17) is 0 Å². The van der Waals surface area contributed by atoms with Gasteiger partial charge in [-0.3, -0.25) is 0 Å². The second-order valence-corrected chi connectivity index (χ2v) is 5.83. The third kappa shape index (κ3) is 6.05. The van der Waals surface area contributed by atoms with E-state index in [1.807, 2.05) is 0 Å². The van der Waals surface area contributed by atoms with Crippen molar-refractivity contribution in [2.75, 3.05) is 6.54 Å². The molecule has 0 fully saturated rings. The first-order valence-corrected chi connectivity index (χ1v) is 6.15. The summed E-state index contributed by atoms with van der Waals surface area (Å²) in [4.78, 5) is 0. The molecule has 0 bridgehead atoms. The van der Waals surface area contributed by atoms with Crippen molar-refractivity contribution >= 4 is 0 Å². The smallest absolute Gasteiger partial charge is 0.313 e. The van der Waals surface area contributed by atoms with Crippen molar-refractivity contribution in [2.45, 2.75) is 39.9 Å². The van der Waals surface area contributed by atoms with Gasteiger partial charge in [0.2, 0.25) is 0 Å². The number of halogens is 4. The standard InChI is InChI=1S/C14H19F4N/c1-13(2,3)4-5-19-9-10-6-11(14(16,17)18)8-12(15)7-10/h6-8,19H,4-5,9H2,1-3H3. The van der Waals surface area contributed by atoms with Crippen LogP contribution >= 0.6 is 0 Å². The van der Waals surface area contributed by atoms with Gasteiger partial charge in [-0.05, 0) is 42.1 Å². The topological polar surface area (TPSA) is 12.0 Å². The molecule has 1 rings (SSSR count). The van der Waals surface area contributed by atoms with Gasteiger partial charge in [-0.2, -0.15) is 13.2 Å². The Hall–Kier alpha value is -1.10. The summed E-state index contributed by atoms with van der Waals surface area (Å²) in [6.45, 7) is 7.16. The molecular formula is C14H19F4N. The predicted molar refractivity (Wildman–Crippen MR) is 67.2 cm³/mol. The quantitative estimate of drug-likeness (QED) is 0.636. The summed E-state index contributed by atoms with van der Waals surface area (Å²) in [5.41, 5.74) is -0.479. The van der Waals surface area contributed by atoms with Crippen LogP contribution in [0.25, 0.3) is 0 Å². The monoisotopic (exact) mass is 277 g/mol. The van der Waals surface area contributed by atoms with Gasteiger partial charge in [-0.25, -0.2) is 4.39 Å². The van der Waals surface area contributed by atoms with Gasteiger partial charge in [-0.15, -0.1) is 0 Å². The predicted octanol–water partition coefficient (Wildman–Crippen LogP) is 4.37. The fraction of sp³-hybridized carbons (Fsp3) is 0.571. The van der Waals surface area contributed by atoms with E-state index in [0.717, 1.165) is 18.6 Å². The molecule has 0 aliphatic carbocycles. The number of benzene rings is 1. The summed E-state index contributed by atoms with van der Waals surface area (Å²) < 4.78 is 50.6. The van der Waals surface area contributed by atoms with E-state index in [2.05, 4.69) is 26.1 Å². The molecule has 0 spiro atoms. The fourth-order valence-electron chi connectivity index (χ4n) is 1.61. The summed E-state index contributed by atoms with van der Waals surface area (Å²) in [6, 6.07) is 2.62. The molecule has 5 heteroatoms. The second kappa shape index (κ2) is 5.90. The first-order chi connectivity index (χ1) is 8.58. The van der Waals surface area contributed by atoms with Gasteiger partial charge >= 0.3 is 6.18 Å². The Bertz CT molecular complexity index is 418. The Kier molecular flexibility index (Phi) is 4.96. The minimum atomic E-state index is -4.51. The maximum absolute atomic E-state index is 13.1. The largest absolute Gasteiger partial charge is 0.416 e. The molecule has 19 heavy (non-hydrogen) atoms. The van der Waals surface area contributed by atoms with E-state index in [0.29, 0.717) is 18.2 Å². The molecular weight excluding hydrogens is 258 g/mol. The Balaban J connectivity index is 2.62. The number of hydrogen-bond donors (Lipinski definition) is 1. The zero-order valence-corrected chi connectivity index (χ0v) is 11.4. The highest BCUT2D eigenvalue weighted by molar-refractivity contribution is 5.26. The molecule has 0 saturated carbocycles. The lowest BCUT2D eigenvalue weighted by molar-refractivity contribution is -0.137. The van der Waals surface area contributed by atoms with Crippen molar-refractivity contribution < 1.29 is 17.6 Å².